The van der Waals surface area contributed by atoms with Crippen molar-refractivity contribution in [2.45, 2.75) is 6.92 Å². The molecule has 0 aromatic heterocycles. The number of carbonyl (C=O) groups excluding carboxylic acids is 1. The Kier molecular flexibility index (Phi) is 7.36. The van der Waals surface area contributed by atoms with Crippen LogP contribution < -0.4 is 9.47 Å². The highest BCUT2D eigenvalue weighted by atomic mass is 35.5. The van der Waals surface area contributed by atoms with E-state index >= 15 is 0 Å². The fourth-order valence-electron chi connectivity index (χ4n) is 2.64. The van der Waals surface area contributed by atoms with Crippen LogP contribution in [0.15, 0.2) is 60.0 Å². The SMILES string of the molecule is C=CCN1C(=O)/C(=C/c2cc(Cl)ccc2OCCOc2ccc(C)cc2)SC1=S. The Morgan fingerprint density at radius 2 is 1.90 bits per heavy atom. The van der Waals surface area contributed by atoms with Crippen molar-refractivity contribution < 1.29 is 14.3 Å². The third-order valence-electron chi connectivity index (χ3n) is 4.07. The van der Waals surface area contributed by atoms with Crippen LogP contribution in [-0.2, 0) is 4.79 Å². The van der Waals surface area contributed by atoms with E-state index in [1.165, 1.54) is 22.2 Å². The monoisotopic (exact) mass is 445 g/mol. The molecule has 1 heterocycles. The molecule has 1 aliphatic rings. The number of benzene rings is 2. The molecule has 3 rings (SSSR count). The van der Waals surface area contributed by atoms with Gasteiger partial charge in [-0.05, 0) is 43.3 Å². The highest BCUT2D eigenvalue weighted by molar-refractivity contribution is 8.26. The predicted octanol–water partition coefficient (Wildman–Crippen LogP) is 5.49. The summed E-state index contributed by atoms with van der Waals surface area (Å²) < 4.78 is 12.1. The maximum Gasteiger partial charge on any atom is 0.266 e. The first-order chi connectivity index (χ1) is 14.0. The Balaban J connectivity index is 1.68. The van der Waals surface area contributed by atoms with Gasteiger partial charge >= 0.3 is 0 Å². The van der Waals surface area contributed by atoms with E-state index in [-0.39, 0.29) is 5.91 Å². The quantitative estimate of drug-likeness (QED) is 0.232. The Labute approximate surface area is 185 Å². The van der Waals surface area contributed by atoms with Crippen LogP contribution in [0.3, 0.4) is 0 Å². The lowest BCUT2D eigenvalue weighted by Crippen LogP contribution is -2.27. The number of rotatable bonds is 8. The van der Waals surface area contributed by atoms with Crippen LogP contribution in [0.25, 0.3) is 6.08 Å². The van der Waals surface area contributed by atoms with Gasteiger partial charge in [-0.2, -0.15) is 0 Å². The number of thiocarbonyl (C=S) groups is 1. The Hall–Kier alpha value is -2.28. The summed E-state index contributed by atoms with van der Waals surface area (Å²) in [5.41, 5.74) is 1.89. The molecule has 0 saturated carbocycles. The number of hydrogen-bond donors (Lipinski definition) is 0. The van der Waals surface area contributed by atoms with Crippen molar-refractivity contribution in [1.82, 2.24) is 4.90 Å². The van der Waals surface area contributed by atoms with Crippen LogP contribution in [0.2, 0.25) is 5.02 Å². The summed E-state index contributed by atoms with van der Waals surface area (Å²) in [6, 6.07) is 13.1. The molecule has 150 valence electrons. The Bertz CT molecular complexity index is 957. The van der Waals surface area contributed by atoms with E-state index in [9.17, 15) is 4.79 Å². The topological polar surface area (TPSA) is 38.8 Å². The normalized spacial score (nSPS) is 15.1. The number of thioether (sulfide) groups is 1. The van der Waals surface area contributed by atoms with E-state index in [1.807, 2.05) is 31.2 Å². The number of amides is 1. The van der Waals surface area contributed by atoms with Crippen LogP contribution in [0.1, 0.15) is 11.1 Å². The van der Waals surface area contributed by atoms with E-state index < -0.39 is 0 Å². The molecule has 0 unspecified atom stereocenters. The predicted molar refractivity (Wildman–Crippen MR) is 124 cm³/mol. The second-order valence-corrected chi connectivity index (χ2v) is 8.39. The van der Waals surface area contributed by atoms with Crippen molar-refractivity contribution in [2.24, 2.45) is 0 Å². The standard InChI is InChI=1S/C22H20ClNO3S2/c1-3-10-24-21(25)20(29-22(24)28)14-16-13-17(23)6-9-19(16)27-12-11-26-18-7-4-15(2)5-8-18/h3-9,13-14H,1,10-12H2,2H3/b20-14-. The van der Waals surface area contributed by atoms with E-state index in [2.05, 4.69) is 6.58 Å². The highest BCUT2D eigenvalue weighted by Gasteiger charge is 2.31. The van der Waals surface area contributed by atoms with Crippen molar-refractivity contribution in [3.8, 4) is 11.5 Å². The first kappa shape index (κ1) is 21.4. The van der Waals surface area contributed by atoms with Gasteiger partial charge in [-0.25, -0.2) is 0 Å². The summed E-state index contributed by atoms with van der Waals surface area (Å²) >= 11 is 12.7. The number of ether oxygens (including phenoxy) is 2. The fourth-order valence-corrected chi connectivity index (χ4v) is 4.08. The average Bonchev–Trinajstić information content (AvgIpc) is 2.96. The largest absolute Gasteiger partial charge is 0.490 e. The third kappa shape index (κ3) is 5.63. The zero-order valence-corrected chi connectivity index (χ0v) is 18.3. The molecule has 0 aliphatic carbocycles. The second-order valence-electron chi connectivity index (χ2n) is 6.27. The van der Waals surface area contributed by atoms with Gasteiger partial charge in [-0.15, -0.1) is 6.58 Å². The van der Waals surface area contributed by atoms with Gasteiger partial charge in [-0.1, -0.05) is 59.4 Å². The highest BCUT2D eigenvalue weighted by Crippen LogP contribution is 2.35. The summed E-state index contributed by atoms with van der Waals surface area (Å²) in [6.07, 6.45) is 3.40. The zero-order chi connectivity index (χ0) is 20.8. The zero-order valence-electron chi connectivity index (χ0n) is 15.9. The number of halogens is 1. The summed E-state index contributed by atoms with van der Waals surface area (Å²) in [5.74, 6) is 1.27. The Morgan fingerprint density at radius 1 is 1.17 bits per heavy atom. The number of hydrogen-bond acceptors (Lipinski definition) is 5. The van der Waals surface area contributed by atoms with Crippen molar-refractivity contribution in [3.63, 3.8) is 0 Å². The van der Waals surface area contributed by atoms with Gasteiger partial charge in [0, 0.05) is 17.1 Å². The maximum atomic E-state index is 12.6. The summed E-state index contributed by atoms with van der Waals surface area (Å²) in [6.45, 7) is 6.83. The van der Waals surface area contributed by atoms with Gasteiger partial charge < -0.3 is 9.47 Å². The minimum Gasteiger partial charge on any atom is -0.490 e. The molecule has 0 N–H and O–H groups in total. The van der Waals surface area contributed by atoms with Crippen molar-refractivity contribution in [1.29, 1.82) is 0 Å². The first-order valence-corrected chi connectivity index (χ1v) is 10.6. The van der Waals surface area contributed by atoms with Crippen molar-refractivity contribution >= 4 is 51.9 Å². The first-order valence-electron chi connectivity index (χ1n) is 8.96. The van der Waals surface area contributed by atoms with Gasteiger partial charge in [-0.3, -0.25) is 9.69 Å². The lowest BCUT2D eigenvalue weighted by molar-refractivity contribution is -0.121. The maximum absolute atomic E-state index is 12.6. The molecular formula is C22H20ClNO3S2. The Morgan fingerprint density at radius 3 is 2.62 bits per heavy atom. The summed E-state index contributed by atoms with van der Waals surface area (Å²) in [5, 5.41) is 0.557. The van der Waals surface area contributed by atoms with Gasteiger partial charge in [0.1, 0.15) is 29.0 Å². The number of nitrogens with zero attached hydrogens (tertiary/aromatic N) is 1. The molecule has 29 heavy (non-hydrogen) atoms. The average molecular weight is 446 g/mol. The van der Waals surface area contributed by atoms with Crippen LogP contribution in [-0.4, -0.2) is 34.9 Å². The van der Waals surface area contributed by atoms with Crippen molar-refractivity contribution in [3.05, 3.63) is 76.2 Å². The molecule has 0 radical (unpaired) electrons. The van der Waals surface area contributed by atoms with Gasteiger partial charge in [0.2, 0.25) is 0 Å². The molecule has 7 heteroatoms. The van der Waals surface area contributed by atoms with Crippen molar-refractivity contribution in [2.75, 3.05) is 19.8 Å². The summed E-state index contributed by atoms with van der Waals surface area (Å²) in [4.78, 5) is 14.6. The molecule has 0 spiro atoms. The van der Waals surface area contributed by atoms with Crippen LogP contribution in [0.4, 0.5) is 0 Å². The lowest BCUT2D eigenvalue weighted by Gasteiger charge is -2.12. The summed E-state index contributed by atoms with van der Waals surface area (Å²) in [7, 11) is 0. The van der Waals surface area contributed by atoms with Crippen LogP contribution in [0, 0.1) is 6.92 Å². The fraction of sp³-hybridized carbons (Fsp3) is 0.182. The van der Waals surface area contributed by atoms with E-state index in [0.717, 1.165) is 5.75 Å². The molecule has 1 saturated heterocycles. The molecular weight excluding hydrogens is 426 g/mol. The third-order valence-corrected chi connectivity index (χ3v) is 5.69. The second kappa shape index (κ2) is 9.96. The molecule has 1 amide bonds. The number of aryl methyl sites for hydroxylation is 1. The van der Waals surface area contributed by atoms with E-state index in [4.69, 9.17) is 33.3 Å². The van der Waals surface area contributed by atoms with E-state index in [1.54, 1.807) is 30.4 Å². The molecule has 2 aromatic carbocycles. The molecule has 0 bridgehead atoms. The molecule has 1 fully saturated rings. The molecule has 0 atom stereocenters. The van der Waals surface area contributed by atoms with E-state index in [0.29, 0.717) is 45.3 Å². The van der Waals surface area contributed by atoms with Gasteiger partial charge in [0.05, 0.1) is 4.91 Å². The van der Waals surface area contributed by atoms with Crippen LogP contribution in [0.5, 0.6) is 11.5 Å². The minimum absolute atomic E-state index is 0.145. The minimum atomic E-state index is -0.145. The molecule has 4 nitrogen and oxygen atoms in total. The number of carbonyl (C=O) groups is 1. The molecule has 2 aromatic rings. The van der Waals surface area contributed by atoms with Gasteiger partial charge in [0.15, 0.2) is 0 Å². The smallest absolute Gasteiger partial charge is 0.266 e. The molecule has 1 aliphatic heterocycles. The lowest BCUT2D eigenvalue weighted by atomic mass is 10.2. The van der Waals surface area contributed by atoms with Gasteiger partial charge in [0.25, 0.3) is 5.91 Å². The van der Waals surface area contributed by atoms with Crippen LogP contribution >= 0.6 is 35.6 Å².